The van der Waals surface area contributed by atoms with Crippen molar-refractivity contribution in [2.75, 3.05) is 0 Å². The summed E-state index contributed by atoms with van der Waals surface area (Å²) in [7, 11) is 0. The Kier molecular flexibility index (Phi) is 4.37. The lowest BCUT2D eigenvalue weighted by Crippen LogP contribution is -2.00. The van der Waals surface area contributed by atoms with Crippen molar-refractivity contribution in [1.82, 2.24) is 9.78 Å². The molecule has 0 aliphatic heterocycles. The maximum atomic E-state index is 11.3. The van der Waals surface area contributed by atoms with Crippen LogP contribution in [0.5, 0.6) is 0 Å². The molecule has 0 saturated carbocycles. The smallest absolute Gasteiger partial charge is 0.153 e. The summed E-state index contributed by atoms with van der Waals surface area (Å²) in [6.45, 7) is 0.635. The van der Waals surface area contributed by atoms with Gasteiger partial charge in [-0.1, -0.05) is 28.1 Å². The van der Waals surface area contributed by atoms with Crippen LogP contribution in [-0.4, -0.2) is 16.1 Å². The van der Waals surface area contributed by atoms with Gasteiger partial charge in [0, 0.05) is 31.5 Å². The van der Waals surface area contributed by atoms with Gasteiger partial charge in [-0.2, -0.15) is 16.4 Å². The maximum Gasteiger partial charge on any atom is 0.153 e. The molecule has 106 valence electrons. The first kappa shape index (κ1) is 14.7. The van der Waals surface area contributed by atoms with Gasteiger partial charge in [-0.15, -0.1) is 0 Å². The Morgan fingerprint density at radius 2 is 1.95 bits per heavy atom. The van der Waals surface area contributed by atoms with Crippen LogP contribution < -0.4 is 0 Å². The minimum Gasteiger partial charge on any atom is -0.298 e. The second-order valence-electron chi connectivity index (χ2n) is 4.51. The van der Waals surface area contributed by atoms with Crippen LogP contribution in [0.3, 0.4) is 0 Å². The monoisotopic (exact) mass is 424 g/mol. The molecule has 2 heterocycles. The molecular formula is C15H10Br2N2OS. The van der Waals surface area contributed by atoms with Crippen LogP contribution in [0.1, 0.15) is 15.9 Å². The van der Waals surface area contributed by atoms with E-state index in [-0.39, 0.29) is 0 Å². The lowest BCUT2D eigenvalue weighted by molar-refractivity contribution is 0.112. The number of aldehydes is 1. The van der Waals surface area contributed by atoms with Crippen molar-refractivity contribution in [2.24, 2.45) is 0 Å². The van der Waals surface area contributed by atoms with E-state index in [1.807, 2.05) is 35.0 Å². The topological polar surface area (TPSA) is 34.9 Å². The molecule has 0 N–H and O–H groups in total. The van der Waals surface area contributed by atoms with E-state index in [2.05, 4.69) is 37.0 Å². The fourth-order valence-corrected chi connectivity index (χ4v) is 3.77. The second kappa shape index (κ2) is 6.25. The largest absolute Gasteiger partial charge is 0.298 e. The highest BCUT2D eigenvalue weighted by molar-refractivity contribution is 9.10. The highest BCUT2D eigenvalue weighted by Crippen LogP contribution is 2.32. The summed E-state index contributed by atoms with van der Waals surface area (Å²) in [6.07, 6.45) is 2.64. The molecule has 0 aliphatic carbocycles. The van der Waals surface area contributed by atoms with Crippen molar-refractivity contribution in [1.29, 1.82) is 0 Å². The van der Waals surface area contributed by atoms with Gasteiger partial charge in [0.15, 0.2) is 6.29 Å². The summed E-state index contributed by atoms with van der Waals surface area (Å²) >= 11 is 8.49. The molecule has 3 rings (SSSR count). The number of benzene rings is 1. The van der Waals surface area contributed by atoms with Crippen molar-refractivity contribution < 1.29 is 4.79 Å². The molecule has 0 aliphatic rings. The van der Waals surface area contributed by atoms with Crippen LogP contribution in [-0.2, 0) is 6.54 Å². The first-order chi connectivity index (χ1) is 10.2. The van der Waals surface area contributed by atoms with E-state index in [4.69, 9.17) is 0 Å². The Hall–Kier alpha value is -1.24. The summed E-state index contributed by atoms with van der Waals surface area (Å²) in [5.41, 5.74) is 3.41. The molecule has 0 radical (unpaired) electrons. The average Bonchev–Trinajstić information content (AvgIpc) is 3.07. The van der Waals surface area contributed by atoms with Gasteiger partial charge in [-0.3, -0.25) is 9.48 Å². The highest BCUT2D eigenvalue weighted by atomic mass is 79.9. The fourth-order valence-electron chi connectivity index (χ4n) is 2.04. The van der Waals surface area contributed by atoms with Gasteiger partial charge in [-0.05, 0) is 33.6 Å². The molecule has 2 aromatic heterocycles. The number of nitrogens with zero attached hydrogens (tertiary/aromatic N) is 2. The van der Waals surface area contributed by atoms with Crippen LogP contribution in [0.4, 0.5) is 0 Å². The first-order valence-electron chi connectivity index (χ1n) is 6.16. The molecule has 0 spiro atoms. The van der Waals surface area contributed by atoms with Crippen LogP contribution in [0, 0.1) is 0 Å². The lowest BCUT2D eigenvalue weighted by Gasteiger charge is -2.02. The van der Waals surface area contributed by atoms with Crippen molar-refractivity contribution in [3.8, 4) is 11.3 Å². The zero-order valence-corrected chi connectivity index (χ0v) is 14.8. The zero-order chi connectivity index (χ0) is 14.8. The van der Waals surface area contributed by atoms with Gasteiger partial charge in [0.2, 0.25) is 0 Å². The van der Waals surface area contributed by atoms with Crippen LogP contribution >= 0.6 is 43.2 Å². The molecule has 0 amide bonds. The maximum absolute atomic E-state index is 11.3. The third kappa shape index (κ3) is 3.17. The van der Waals surface area contributed by atoms with Crippen LogP contribution in [0.15, 0.2) is 50.2 Å². The van der Waals surface area contributed by atoms with Crippen LogP contribution in [0.25, 0.3) is 11.3 Å². The van der Waals surface area contributed by atoms with E-state index < -0.39 is 0 Å². The molecule has 0 bridgehead atoms. The van der Waals surface area contributed by atoms with Gasteiger partial charge >= 0.3 is 0 Å². The Bertz CT molecular complexity index is 777. The van der Waals surface area contributed by atoms with Crippen molar-refractivity contribution >= 4 is 49.5 Å². The molecule has 3 nitrogen and oxygen atoms in total. The number of thiophene rings is 1. The minimum absolute atomic E-state index is 0.603. The van der Waals surface area contributed by atoms with Crippen molar-refractivity contribution in [2.45, 2.75) is 6.54 Å². The Labute approximate surface area is 142 Å². The number of halogens is 2. The highest BCUT2D eigenvalue weighted by Gasteiger charge is 2.14. The second-order valence-corrected chi connectivity index (χ2v) is 7.02. The quantitative estimate of drug-likeness (QED) is 0.551. The standard InChI is InChI=1S/C15H10Br2N2OS/c16-12-3-1-10(2-4-12)5-19-6-11(7-20)15(18-19)13-8-21-9-14(13)17/h1-4,6-9H,5H2. The normalized spacial score (nSPS) is 10.8. The summed E-state index contributed by atoms with van der Waals surface area (Å²) in [6, 6.07) is 8.06. The van der Waals surface area contributed by atoms with E-state index in [0.29, 0.717) is 12.1 Å². The average molecular weight is 426 g/mol. The molecule has 1 aromatic carbocycles. The summed E-state index contributed by atoms with van der Waals surface area (Å²) in [5.74, 6) is 0. The van der Waals surface area contributed by atoms with Gasteiger partial charge < -0.3 is 0 Å². The molecule has 0 fully saturated rings. The predicted octanol–water partition coefficient (Wildman–Crippen LogP) is 5.00. The van der Waals surface area contributed by atoms with Crippen LogP contribution in [0.2, 0.25) is 0 Å². The SMILES string of the molecule is O=Cc1cn(Cc2ccc(Br)cc2)nc1-c1cscc1Br. The summed E-state index contributed by atoms with van der Waals surface area (Å²) < 4.78 is 3.81. The first-order valence-corrected chi connectivity index (χ1v) is 8.69. The molecule has 21 heavy (non-hydrogen) atoms. The van der Waals surface area contributed by atoms with Gasteiger partial charge in [0.25, 0.3) is 0 Å². The molecule has 6 heteroatoms. The number of rotatable bonds is 4. The minimum atomic E-state index is 0.603. The molecule has 0 atom stereocenters. The van der Waals surface area contributed by atoms with Gasteiger partial charge in [0.1, 0.15) is 5.69 Å². The third-order valence-electron chi connectivity index (χ3n) is 3.04. The number of carbonyl (C=O) groups excluding carboxylic acids is 1. The number of carbonyl (C=O) groups is 1. The van der Waals surface area contributed by atoms with E-state index in [1.54, 1.807) is 22.2 Å². The Morgan fingerprint density at radius 3 is 2.57 bits per heavy atom. The Morgan fingerprint density at radius 1 is 1.19 bits per heavy atom. The zero-order valence-electron chi connectivity index (χ0n) is 10.8. The van der Waals surface area contributed by atoms with E-state index in [1.165, 1.54) is 0 Å². The van der Waals surface area contributed by atoms with Crippen molar-refractivity contribution in [3.63, 3.8) is 0 Å². The van der Waals surface area contributed by atoms with Crippen molar-refractivity contribution in [3.05, 3.63) is 61.3 Å². The number of aromatic nitrogens is 2. The summed E-state index contributed by atoms with van der Waals surface area (Å²) in [5, 5.41) is 8.53. The molecule has 3 aromatic rings. The number of hydrogen-bond donors (Lipinski definition) is 0. The van der Waals surface area contributed by atoms with Gasteiger partial charge in [0.05, 0.1) is 12.1 Å². The lowest BCUT2D eigenvalue weighted by atomic mass is 10.2. The van der Waals surface area contributed by atoms with Gasteiger partial charge in [-0.25, -0.2) is 0 Å². The molecular weight excluding hydrogens is 416 g/mol. The third-order valence-corrected chi connectivity index (χ3v) is 5.28. The van der Waals surface area contributed by atoms with E-state index in [9.17, 15) is 4.79 Å². The van der Waals surface area contributed by atoms with E-state index in [0.717, 1.165) is 32.1 Å². The van der Waals surface area contributed by atoms with E-state index >= 15 is 0 Å². The molecule has 0 saturated heterocycles. The fraction of sp³-hybridized carbons (Fsp3) is 0.0667. The predicted molar refractivity (Wildman–Crippen MR) is 91.9 cm³/mol. The Balaban J connectivity index is 1.94. The number of hydrogen-bond acceptors (Lipinski definition) is 3. The molecule has 0 unspecified atom stereocenters. The summed E-state index contributed by atoms with van der Waals surface area (Å²) in [4.78, 5) is 11.3.